The summed E-state index contributed by atoms with van der Waals surface area (Å²) in [5.74, 6) is 1.23. The van der Waals surface area contributed by atoms with Crippen LogP contribution in [0.25, 0.3) is 0 Å². The highest BCUT2D eigenvalue weighted by molar-refractivity contribution is 5.95. The highest BCUT2D eigenvalue weighted by Gasteiger charge is 2.23. The summed E-state index contributed by atoms with van der Waals surface area (Å²) in [4.78, 5) is 17.1. The van der Waals surface area contributed by atoms with E-state index in [1.54, 1.807) is 32.4 Å². The van der Waals surface area contributed by atoms with Gasteiger partial charge in [0.15, 0.2) is 11.5 Å². The van der Waals surface area contributed by atoms with Crippen LogP contribution in [0.15, 0.2) is 42.5 Å². The van der Waals surface area contributed by atoms with Crippen molar-refractivity contribution in [2.75, 3.05) is 45.3 Å². The number of methoxy groups -OCH3 is 2. The first kappa shape index (κ1) is 20.1. The van der Waals surface area contributed by atoms with Crippen LogP contribution in [0, 0.1) is 0 Å². The lowest BCUT2D eigenvalue weighted by Crippen LogP contribution is -2.48. The van der Waals surface area contributed by atoms with Gasteiger partial charge >= 0.3 is 0 Å². The summed E-state index contributed by atoms with van der Waals surface area (Å²) in [5.41, 5.74) is 3.33. The van der Waals surface area contributed by atoms with Crippen molar-refractivity contribution in [3.8, 4) is 11.5 Å². The summed E-state index contributed by atoms with van der Waals surface area (Å²) >= 11 is 0. The first-order valence-corrected chi connectivity index (χ1v) is 9.70. The van der Waals surface area contributed by atoms with Crippen LogP contribution in [0.1, 0.15) is 36.7 Å². The average Bonchev–Trinajstić information content (AvgIpc) is 2.72. The third-order valence-corrected chi connectivity index (χ3v) is 5.30. The molecule has 0 N–H and O–H groups in total. The highest BCUT2D eigenvalue weighted by atomic mass is 16.5. The van der Waals surface area contributed by atoms with Crippen LogP contribution in [0.4, 0.5) is 5.69 Å². The van der Waals surface area contributed by atoms with Crippen LogP contribution in [0.3, 0.4) is 0 Å². The number of nitrogens with zero attached hydrogens (tertiary/aromatic N) is 2. The SMILES string of the molecule is COc1ccc(C(=O)N2CCN(c3ccc(C(C)(C)C)cc3)CC2)cc1OC. The molecule has 0 aliphatic carbocycles. The predicted molar refractivity (Wildman–Crippen MR) is 113 cm³/mol. The molecule has 28 heavy (non-hydrogen) atoms. The molecule has 1 amide bonds. The summed E-state index contributed by atoms with van der Waals surface area (Å²) in [6.45, 7) is 9.73. The van der Waals surface area contributed by atoms with E-state index in [0.29, 0.717) is 30.2 Å². The summed E-state index contributed by atoms with van der Waals surface area (Å²) in [6, 6.07) is 14.1. The Morgan fingerprint density at radius 1 is 0.857 bits per heavy atom. The van der Waals surface area contributed by atoms with Gasteiger partial charge in [-0.1, -0.05) is 32.9 Å². The first-order chi connectivity index (χ1) is 13.3. The van der Waals surface area contributed by atoms with E-state index in [9.17, 15) is 4.79 Å². The van der Waals surface area contributed by atoms with E-state index in [-0.39, 0.29) is 11.3 Å². The molecule has 1 heterocycles. The average molecular weight is 383 g/mol. The fraction of sp³-hybridized carbons (Fsp3) is 0.435. The Balaban J connectivity index is 1.64. The van der Waals surface area contributed by atoms with Crippen molar-refractivity contribution in [1.82, 2.24) is 4.90 Å². The minimum absolute atomic E-state index is 0.0312. The van der Waals surface area contributed by atoms with Crippen molar-refractivity contribution in [2.45, 2.75) is 26.2 Å². The van der Waals surface area contributed by atoms with Crippen LogP contribution in [-0.2, 0) is 5.41 Å². The molecule has 2 aromatic carbocycles. The van der Waals surface area contributed by atoms with Crippen molar-refractivity contribution in [3.63, 3.8) is 0 Å². The number of hydrogen-bond acceptors (Lipinski definition) is 4. The van der Waals surface area contributed by atoms with Crippen LogP contribution in [-0.4, -0.2) is 51.2 Å². The molecule has 2 aromatic rings. The maximum Gasteiger partial charge on any atom is 0.254 e. The molecule has 0 saturated carbocycles. The molecule has 0 atom stereocenters. The van der Waals surface area contributed by atoms with Crippen molar-refractivity contribution in [1.29, 1.82) is 0 Å². The van der Waals surface area contributed by atoms with Gasteiger partial charge < -0.3 is 19.3 Å². The molecule has 0 spiro atoms. The molecular weight excluding hydrogens is 352 g/mol. The minimum atomic E-state index is 0.0312. The van der Waals surface area contributed by atoms with E-state index < -0.39 is 0 Å². The summed E-state index contributed by atoms with van der Waals surface area (Å²) < 4.78 is 10.6. The van der Waals surface area contributed by atoms with Crippen molar-refractivity contribution < 1.29 is 14.3 Å². The second kappa shape index (κ2) is 8.13. The number of anilines is 1. The smallest absolute Gasteiger partial charge is 0.254 e. The molecule has 150 valence electrons. The molecule has 1 aliphatic rings. The molecule has 1 saturated heterocycles. The summed E-state index contributed by atoms with van der Waals surface area (Å²) in [7, 11) is 3.17. The maximum absolute atomic E-state index is 12.9. The van der Waals surface area contributed by atoms with E-state index >= 15 is 0 Å². The van der Waals surface area contributed by atoms with Crippen molar-refractivity contribution in [2.24, 2.45) is 0 Å². The summed E-state index contributed by atoms with van der Waals surface area (Å²) in [5, 5.41) is 0. The van der Waals surface area contributed by atoms with E-state index in [0.717, 1.165) is 13.1 Å². The number of rotatable bonds is 4. The number of carbonyl (C=O) groups is 1. The third kappa shape index (κ3) is 4.24. The molecule has 5 nitrogen and oxygen atoms in total. The van der Waals surface area contributed by atoms with Crippen LogP contribution >= 0.6 is 0 Å². The lowest BCUT2D eigenvalue weighted by Gasteiger charge is -2.36. The fourth-order valence-electron chi connectivity index (χ4n) is 3.49. The molecule has 5 heteroatoms. The first-order valence-electron chi connectivity index (χ1n) is 9.70. The van der Waals surface area contributed by atoms with Gasteiger partial charge in [0.25, 0.3) is 5.91 Å². The van der Waals surface area contributed by atoms with Gasteiger partial charge in [0.05, 0.1) is 14.2 Å². The quantitative estimate of drug-likeness (QED) is 0.803. The molecule has 0 aromatic heterocycles. The van der Waals surface area contributed by atoms with Crippen LogP contribution < -0.4 is 14.4 Å². The monoisotopic (exact) mass is 382 g/mol. The van der Waals surface area contributed by atoms with Gasteiger partial charge in [-0.05, 0) is 41.3 Å². The van der Waals surface area contributed by atoms with Gasteiger partial charge in [0.2, 0.25) is 0 Å². The topological polar surface area (TPSA) is 42.0 Å². The van der Waals surface area contributed by atoms with Gasteiger partial charge in [-0.3, -0.25) is 4.79 Å². The van der Waals surface area contributed by atoms with Crippen LogP contribution in [0.2, 0.25) is 0 Å². The molecule has 0 radical (unpaired) electrons. The zero-order valence-electron chi connectivity index (χ0n) is 17.5. The lowest BCUT2D eigenvalue weighted by atomic mass is 9.87. The fourth-order valence-corrected chi connectivity index (χ4v) is 3.49. The highest BCUT2D eigenvalue weighted by Crippen LogP contribution is 2.29. The lowest BCUT2D eigenvalue weighted by molar-refractivity contribution is 0.0746. The van der Waals surface area contributed by atoms with Gasteiger partial charge in [-0.2, -0.15) is 0 Å². The predicted octanol–water partition coefficient (Wildman–Crippen LogP) is 3.96. The Labute approximate surface area is 167 Å². The van der Waals surface area contributed by atoms with Gasteiger partial charge in [0.1, 0.15) is 0 Å². The number of ether oxygens (including phenoxy) is 2. The third-order valence-electron chi connectivity index (χ3n) is 5.30. The van der Waals surface area contributed by atoms with Gasteiger partial charge in [-0.15, -0.1) is 0 Å². The maximum atomic E-state index is 12.9. The molecule has 1 fully saturated rings. The Morgan fingerprint density at radius 3 is 2.00 bits per heavy atom. The zero-order valence-corrected chi connectivity index (χ0v) is 17.5. The Bertz CT molecular complexity index is 817. The van der Waals surface area contributed by atoms with Gasteiger partial charge in [-0.25, -0.2) is 0 Å². The largest absolute Gasteiger partial charge is 0.493 e. The Kier molecular flexibility index (Phi) is 5.82. The Hall–Kier alpha value is -2.69. The molecule has 0 unspecified atom stereocenters. The number of hydrogen-bond donors (Lipinski definition) is 0. The molecule has 0 bridgehead atoms. The standard InChI is InChI=1S/C23H30N2O3/c1-23(2,3)18-7-9-19(10-8-18)24-12-14-25(15-13-24)22(26)17-6-11-20(27-4)21(16-17)28-5/h6-11,16H,12-15H2,1-5H3. The second-order valence-corrected chi connectivity index (χ2v) is 8.15. The van der Waals surface area contributed by atoms with Crippen molar-refractivity contribution >= 4 is 11.6 Å². The number of carbonyl (C=O) groups excluding carboxylic acids is 1. The zero-order chi connectivity index (χ0) is 20.3. The molecular formula is C23H30N2O3. The van der Waals surface area contributed by atoms with Gasteiger partial charge in [0, 0.05) is 37.4 Å². The number of piperazine rings is 1. The second-order valence-electron chi connectivity index (χ2n) is 8.15. The minimum Gasteiger partial charge on any atom is -0.493 e. The number of benzene rings is 2. The molecule has 3 rings (SSSR count). The van der Waals surface area contributed by atoms with Crippen LogP contribution in [0.5, 0.6) is 11.5 Å². The Morgan fingerprint density at radius 2 is 1.46 bits per heavy atom. The van der Waals surface area contributed by atoms with E-state index in [4.69, 9.17) is 9.47 Å². The summed E-state index contributed by atoms with van der Waals surface area (Å²) in [6.07, 6.45) is 0. The number of amides is 1. The van der Waals surface area contributed by atoms with Crippen molar-refractivity contribution in [3.05, 3.63) is 53.6 Å². The van der Waals surface area contributed by atoms with E-state index in [1.165, 1.54) is 11.3 Å². The normalized spacial score (nSPS) is 14.8. The molecule has 1 aliphatic heterocycles. The van der Waals surface area contributed by atoms with E-state index in [1.807, 2.05) is 4.90 Å². The van der Waals surface area contributed by atoms with E-state index in [2.05, 4.69) is 49.9 Å².